The maximum atomic E-state index is 12.2. The Morgan fingerprint density at radius 1 is 1.54 bits per heavy atom. The van der Waals surface area contributed by atoms with E-state index in [2.05, 4.69) is 5.32 Å². The van der Waals surface area contributed by atoms with E-state index in [0.717, 1.165) is 6.08 Å². The Morgan fingerprint density at radius 3 is 2.54 bits per heavy atom. The summed E-state index contributed by atoms with van der Waals surface area (Å²) in [5.41, 5.74) is 6.14. The van der Waals surface area contributed by atoms with Gasteiger partial charge in [0.25, 0.3) is 0 Å². The van der Waals surface area contributed by atoms with Crippen molar-refractivity contribution < 1.29 is 13.2 Å². The third kappa shape index (κ3) is 2.17. The Bertz CT molecular complexity index is 253. The number of nitrogens with one attached hydrogen (secondary N) is 1. The zero-order valence-electron chi connectivity index (χ0n) is 7.15. The van der Waals surface area contributed by atoms with Gasteiger partial charge in [-0.3, -0.25) is 0 Å². The molecule has 74 valence electrons. The van der Waals surface area contributed by atoms with Crippen molar-refractivity contribution in [3.63, 3.8) is 0 Å². The molecule has 0 aromatic carbocycles. The van der Waals surface area contributed by atoms with Gasteiger partial charge in [-0.25, -0.2) is 0 Å². The van der Waals surface area contributed by atoms with Crippen molar-refractivity contribution in [3.8, 4) is 0 Å². The van der Waals surface area contributed by atoms with Crippen LogP contribution in [0, 0.1) is 5.92 Å². The fourth-order valence-electron chi connectivity index (χ4n) is 1.21. The first-order chi connectivity index (χ1) is 5.95. The molecule has 3 N–H and O–H groups in total. The summed E-state index contributed by atoms with van der Waals surface area (Å²) in [7, 11) is 1.63. The molecule has 0 bridgehead atoms. The maximum Gasteiger partial charge on any atom is 0.395 e. The molecule has 13 heavy (non-hydrogen) atoms. The van der Waals surface area contributed by atoms with Crippen LogP contribution in [-0.4, -0.2) is 13.2 Å². The summed E-state index contributed by atoms with van der Waals surface area (Å²) < 4.78 is 36.6. The van der Waals surface area contributed by atoms with E-state index in [-0.39, 0.29) is 12.1 Å². The first kappa shape index (κ1) is 9.95. The van der Waals surface area contributed by atoms with Crippen LogP contribution in [0.1, 0.15) is 6.42 Å². The lowest BCUT2D eigenvalue weighted by Gasteiger charge is -2.21. The second-order valence-corrected chi connectivity index (χ2v) is 2.87. The van der Waals surface area contributed by atoms with Crippen molar-refractivity contribution in [2.45, 2.75) is 12.6 Å². The van der Waals surface area contributed by atoms with E-state index in [1.54, 1.807) is 7.05 Å². The molecule has 1 aliphatic rings. The number of nitrogens with two attached hydrogens (primary N) is 1. The zero-order chi connectivity index (χ0) is 10.1. The first-order valence-corrected chi connectivity index (χ1v) is 3.87. The number of hydrogen-bond acceptors (Lipinski definition) is 2. The van der Waals surface area contributed by atoms with Crippen LogP contribution in [0.2, 0.25) is 0 Å². The summed E-state index contributed by atoms with van der Waals surface area (Å²) in [5.74, 6) is -1.44. The molecule has 0 saturated heterocycles. The van der Waals surface area contributed by atoms with E-state index < -0.39 is 12.1 Å². The highest BCUT2D eigenvalue weighted by Gasteiger charge is 2.38. The minimum absolute atomic E-state index is 0.0413. The fourth-order valence-corrected chi connectivity index (χ4v) is 1.21. The van der Waals surface area contributed by atoms with Crippen LogP contribution in [0.25, 0.3) is 0 Å². The number of hydrogen-bond donors (Lipinski definition) is 2. The topological polar surface area (TPSA) is 38.0 Å². The quantitative estimate of drug-likeness (QED) is 0.661. The zero-order valence-corrected chi connectivity index (χ0v) is 7.15. The molecule has 0 heterocycles. The lowest BCUT2D eigenvalue weighted by Crippen LogP contribution is -2.27. The molecule has 0 spiro atoms. The molecular weight excluding hydrogens is 181 g/mol. The monoisotopic (exact) mass is 192 g/mol. The van der Waals surface area contributed by atoms with Crippen LogP contribution < -0.4 is 11.1 Å². The van der Waals surface area contributed by atoms with Gasteiger partial charge in [-0.05, 0) is 12.5 Å². The van der Waals surface area contributed by atoms with Crippen LogP contribution in [0.15, 0.2) is 23.5 Å². The van der Waals surface area contributed by atoms with Crippen LogP contribution >= 0.6 is 0 Å². The molecule has 1 rings (SSSR count). The van der Waals surface area contributed by atoms with Gasteiger partial charge >= 0.3 is 6.18 Å². The molecule has 0 aromatic rings. The Labute approximate surface area is 74.3 Å². The third-order valence-electron chi connectivity index (χ3n) is 1.96. The maximum absolute atomic E-state index is 12.2. The summed E-state index contributed by atoms with van der Waals surface area (Å²) in [6, 6.07) is 0. The highest BCUT2D eigenvalue weighted by molar-refractivity contribution is 5.30. The Balaban J connectivity index is 2.78. The van der Waals surface area contributed by atoms with Gasteiger partial charge in [-0.15, -0.1) is 0 Å². The predicted octanol–water partition coefficient (Wildman–Crippen LogP) is 1.51. The molecule has 1 aliphatic carbocycles. The third-order valence-corrected chi connectivity index (χ3v) is 1.96. The van der Waals surface area contributed by atoms with Gasteiger partial charge in [0.1, 0.15) is 0 Å². The number of rotatable bonds is 1. The molecule has 0 radical (unpaired) electrons. The molecule has 0 fully saturated rings. The van der Waals surface area contributed by atoms with Crippen LogP contribution in [0.4, 0.5) is 13.2 Å². The van der Waals surface area contributed by atoms with Crippen LogP contribution in [0.3, 0.4) is 0 Å². The largest absolute Gasteiger partial charge is 0.397 e. The van der Waals surface area contributed by atoms with Gasteiger partial charge < -0.3 is 11.1 Å². The SMILES string of the molecule is CNC1=CCC(C(F)(F)F)C=C1N. The summed E-state index contributed by atoms with van der Waals surface area (Å²) in [5, 5.41) is 2.73. The standard InChI is InChI=1S/C8H11F3N2/c1-13-7-3-2-5(4-6(7)12)8(9,10)11/h3-5,13H,2,12H2,1H3. The molecule has 1 unspecified atom stereocenters. The Kier molecular flexibility index (Phi) is 2.54. The summed E-state index contributed by atoms with van der Waals surface area (Å²) in [4.78, 5) is 0. The predicted molar refractivity (Wildman–Crippen MR) is 43.6 cm³/mol. The second kappa shape index (κ2) is 3.32. The van der Waals surface area contributed by atoms with E-state index in [0.29, 0.717) is 5.70 Å². The number of allylic oxidation sites excluding steroid dienone is 2. The van der Waals surface area contributed by atoms with Crippen LogP contribution in [-0.2, 0) is 0 Å². The smallest absolute Gasteiger partial charge is 0.395 e. The van der Waals surface area contributed by atoms with E-state index in [1.807, 2.05) is 0 Å². The van der Waals surface area contributed by atoms with Crippen molar-refractivity contribution >= 4 is 0 Å². The van der Waals surface area contributed by atoms with E-state index in [9.17, 15) is 13.2 Å². The number of halogens is 3. The minimum atomic E-state index is -4.19. The lowest BCUT2D eigenvalue weighted by atomic mass is 9.97. The van der Waals surface area contributed by atoms with Gasteiger partial charge in [0.05, 0.1) is 17.3 Å². The van der Waals surface area contributed by atoms with Crippen molar-refractivity contribution in [3.05, 3.63) is 23.5 Å². The normalized spacial score (nSPS) is 23.5. The van der Waals surface area contributed by atoms with Gasteiger partial charge in [-0.2, -0.15) is 13.2 Å². The average molecular weight is 192 g/mol. The molecule has 1 atom stereocenters. The van der Waals surface area contributed by atoms with Crippen molar-refractivity contribution in [1.29, 1.82) is 0 Å². The Morgan fingerprint density at radius 2 is 2.15 bits per heavy atom. The first-order valence-electron chi connectivity index (χ1n) is 3.87. The molecule has 0 amide bonds. The van der Waals surface area contributed by atoms with Crippen molar-refractivity contribution in [1.82, 2.24) is 5.32 Å². The van der Waals surface area contributed by atoms with E-state index in [4.69, 9.17) is 5.73 Å². The average Bonchev–Trinajstić information content (AvgIpc) is 2.02. The van der Waals surface area contributed by atoms with Gasteiger partial charge in [0.2, 0.25) is 0 Å². The molecule has 2 nitrogen and oxygen atoms in total. The number of likely N-dealkylation sites (N-methyl/N-ethyl adjacent to an activating group) is 1. The highest BCUT2D eigenvalue weighted by atomic mass is 19.4. The fraction of sp³-hybridized carbons (Fsp3) is 0.500. The molecular formula is C8H11F3N2. The molecule has 0 aromatic heterocycles. The highest BCUT2D eigenvalue weighted by Crippen LogP contribution is 2.33. The van der Waals surface area contributed by atoms with Crippen molar-refractivity contribution in [2.24, 2.45) is 11.7 Å². The minimum Gasteiger partial charge on any atom is -0.397 e. The lowest BCUT2D eigenvalue weighted by molar-refractivity contribution is -0.160. The van der Waals surface area contributed by atoms with Gasteiger partial charge in [0, 0.05) is 7.05 Å². The van der Waals surface area contributed by atoms with Gasteiger partial charge in [-0.1, -0.05) is 6.08 Å². The molecule has 0 saturated carbocycles. The van der Waals surface area contributed by atoms with Crippen molar-refractivity contribution in [2.75, 3.05) is 7.05 Å². The summed E-state index contributed by atoms with van der Waals surface area (Å²) in [6.45, 7) is 0. The van der Waals surface area contributed by atoms with Gasteiger partial charge in [0.15, 0.2) is 0 Å². The number of alkyl halides is 3. The van der Waals surface area contributed by atoms with Crippen LogP contribution in [0.5, 0.6) is 0 Å². The second-order valence-electron chi connectivity index (χ2n) is 2.87. The Hall–Kier alpha value is -1.13. The molecule has 5 heteroatoms. The van der Waals surface area contributed by atoms with E-state index >= 15 is 0 Å². The summed E-state index contributed by atoms with van der Waals surface area (Å²) in [6.07, 6.45) is -1.72. The summed E-state index contributed by atoms with van der Waals surface area (Å²) >= 11 is 0. The van der Waals surface area contributed by atoms with E-state index in [1.165, 1.54) is 6.08 Å². The molecule has 0 aliphatic heterocycles.